The van der Waals surface area contributed by atoms with E-state index in [1.165, 1.54) is 11.9 Å². The standard InChI is InChI=1S/C18H16N6OS2/c1-9-24(15-7-11(27-20)3-5-16(15)25-9)18-23-14(8-26-18)10-2-4-12-13(6-10)22-17(19)21-12/h2-9H,20H2,1H3,(H3,19,21,22). The fraction of sp³-hybridized carbons (Fsp3) is 0.111. The number of hydrogen-bond acceptors (Lipinski definition) is 8. The lowest BCUT2D eigenvalue weighted by Gasteiger charge is -2.19. The first kappa shape index (κ1) is 16.4. The predicted molar refractivity (Wildman–Crippen MR) is 110 cm³/mol. The zero-order chi connectivity index (χ0) is 18.5. The number of nitrogens with one attached hydrogen (secondary N) is 1. The van der Waals surface area contributed by atoms with Crippen LogP contribution >= 0.6 is 23.3 Å². The molecule has 0 saturated heterocycles. The van der Waals surface area contributed by atoms with Gasteiger partial charge in [0.2, 0.25) is 0 Å². The molecule has 5 N–H and O–H groups in total. The second kappa shape index (κ2) is 6.15. The second-order valence-corrected chi connectivity index (χ2v) is 7.75. The zero-order valence-corrected chi connectivity index (χ0v) is 16.0. The number of ether oxygens (including phenoxy) is 1. The van der Waals surface area contributed by atoms with Crippen LogP contribution in [0.1, 0.15) is 6.92 Å². The molecule has 7 nitrogen and oxygen atoms in total. The number of nitrogens with zero attached hydrogens (tertiary/aromatic N) is 3. The normalized spacial score (nSPS) is 15.9. The van der Waals surface area contributed by atoms with Gasteiger partial charge in [-0.15, -0.1) is 11.3 Å². The van der Waals surface area contributed by atoms with Crippen molar-refractivity contribution in [1.82, 2.24) is 15.0 Å². The van der Waals surface area contributed by atoms with Crippen LogP contribution in [0.25, 0.3) is 22.3 Å². The molecule has 0 radical (unpaired) electrons. The van der Waals surface area contributed by atoms with Crippen LogP contribution in [-0.4, -0.2) is 21.2 Å². The smallest absolute Gasteiger partial charge is 0.198 e. The lowest BCUT2D eigenvalue weighted by atomic mass is 10.1. The van der Waals surface area contributed by atoms with Gasteiger partial charge in [0.15, 0.2) is 17.3 Å². The zero-order valence-electron chi connectivity index (χ0n) is 14.3. The van der Waals surface area contributed by atoms with Gasteiger partial charge in [-0.25, -0.2) is 9.97 Å². The summed E-state index contributed by atoms with van der Waals surface area (Å²) >= 11 is 2.80. The highest BCUT2D eigenvalue weighted by Crippen LogP contribution is 2.45. The van der Waals surface area contributed by atoms with Crippen LogP contribution < -0.4 is 20.5 Å². The van der Waals surface area contributed by atoms with Crippen molar-refractivity contribution in [2.45, 2.75) is 18.0 Å². The maximum Gasteiger partial charge on any atom is 0.198 e. The summed E-state index contributed by atoms with van der Waals surface area (Å²) in [5, 5.41) is 8.64. The van der Waals surface area contributed by atoms with Gasteiger partial charge in [0.25, 0.3) is 0 Å². The molecule has 1 atom stereocenters. The summed E-state index contributed by atoms with van der Waals surface area (Å²) in [5.74, 6) is 1.25. The molecule has 0 aliphatic carbocycles. The molecule has 0 bridgehead atoms. The number of thiazole rings is 1. The highest BCUT2D eigenvalue weighted by Gasteiger charge is 2.31. The summed E-state index contributed by atoms with van der Waals surface area (Å²) in [4.78, 5) is 15.2. The van der Waals surface area contributed by atoms with Gasteiger partial charge in [-0.2, -0.15) is 0 Å². The average Bonchev–Trinajstić information content (AvgIpc) is 3.35. The van der Waals surface area contributed by atoms with Crippen molar-refractivity contribution >= 4 is 51.1 Å². The fourth-order valence-electron chi connectivity index (χ4n) is 3.25. The van der Waals surface area contributed by atoms with E-state index in [4.69, 9.17) is 20.6 Å². The molecule has 1 aliphatic rings. The monoisotopic (exact) mass is 396 g/mol. The number of H-pyrrole nitrogens is 1. The van der Waals surface area contributed by atoms with E-state index >= 15 is 0 Å². The molecule has 0 saturated carbocycles. The van der Waals surface area contributed by atoms with Crippen LogP contribution in [0.2, 0.25) is 0 Å². The largest absolute Gasteiger partial charge is 0.468 e. The molecule has 1 unspecified atom stereocenters. The highest BCUT2D eigenvalue weighted by atomic mass is 32.2. The number of benzene rings is 2. The molecule has 136 valence electrons. The van der Waals surface area contributed by atoms with Crippen LogP contribution in [0.3, 0.4) is 0 Å². The SMILES string of the molecule is CC1Oc2ccc(SN)cc2N1c1nc(-c2ccc3nc(N)[nH]c3c2)cs1. The molecule has 0 amide bonds. The number of aromatic nitrogens is 3. The van der Waals surface area contributed by atoms with Crippen molar-refractivity contribution in [3.8, 4) is 17.0 Å². The Morgan fingerprint density at radius 2 is 2.11 bits per heavy atom. The Morgan fingerprint density at radius 1 is 1.22 bits per heavy atom. The van der Waals surface area contributed by atoms with Crippen LogP contribution in [0.4, 0.5) is 16.8 Å². The number of fused-ring (bicyclic) bond motifs is 2. The lowest BCUT2D eigenvalue weighted by molar-refractivity contribution is 0.256. The Labute approximate surface area is 163 Å². The molecule has 3 heterocycles. The third kappa shape index (κ3) is 2.71. The first-order valence-electron chi connectivity index (χ1n) is 8.30. The van der Waals surface area contributed by atoms with Gasteiger partial charge in [-0.3, -0.25) is 10.0 Å². The van der Waals surface area contributed by atoms with Gasteiger partial charge in [-0.05, 0) is 49.2 Å². The molecule has 0 fully saturated rings. The summed E-state index contributed by atoms with van der Waals surface area (Å²) < 4.78 is 5.96. The molecule has 2 aromatic heterocycles. The molecule has 5 rings (SSSR count). The number of rotatable bonds is 3. The van der Waals surface area contributed by atoms with Crippen molar-refractivity contribution in [3.05, 3.63) is 41.8 Å². The summed E-state index contributed by atoms with van der Waals surface area (Å²) in [7, 11) is 0. The minimum Gasteiger partial charge on any atom is -0.468 e. The highest BCUT2D eigenvalue weighted by molar-refractivity contribution is 7.97. The van der Waals surface area contributed by atoms with Crippen molar-refractivity contribution in [2.75, 3.05) is 10.6 Å². The minimum absolute atomic E-state index is 0.132. The molecule has 0 spiro atoms. The van der Waals surface area contributed by atoms with Crippen molar-refractivity contribution < 1.29 is 4.74 Å². The Kier molecular flexibility index (Phi) is 3.74. The van der Waals surface area contributed by atoms with E-state index in [-0.39, 0.29) is 6.23 Å². The quantitative estimate of drug-likeness (QED) is 0.447. The Hall–Kier alpha value is -2.75. The van der Waals surface area contributed by atoms with Gasteiger partial charge >= 0.3 is 0 Å². The van der Waals surface area contributed by atoms with Crippen molar-refractivity contribution in [2.24, 2.45) is 5.14 Å². The first-order chi connectivity index (χ1) is 13.1. The van der Waals surface area contributed by atoms with Gasteiger partial charge in [0.05, 0.1) is 22.4 Å². The third-order valence-corrected chi connectivity index (χ3v) is 5.85. The minimum atomic E-state index is -0.132. The summed E-state index contributed by atoms with van der Waals surface area (Å²) in [6.45, 7) is 2.01. The number of aromatic amines is 1. The summed E-state index contributed by atoms with van der Waals surface area (Å²) in [6, 6.07) is 11.9. The number of nitrogens with two attached hydrogens (primary N) is 2. The molecule has 2 aromatic carbocycles. The predicted octanol–water partition coefficient (Wildman–Crippen LogP) is 4.11. The van der Waals surface area contributed by atoms with Crippen LogP contribution in [0.15, 0.2) is 46.7 Å². The topological polar surface area (TPSA) is 106 Å². The van der Waals surface area contributed by atoms with Crippen LogP contribution in [-0.2, 0) is 0 Å². The molecular weight excluding hydrogens is 380 g/mol. The summed E-state index contributed by atoms with van der Waals surface area (Å²) in [6.07, 6.45) is -0.132. The number of nitrogen functional groups attached to an aromatic ring is 1. The van der Waals surface area contributed by atoms with E-state index in [1.54, 1.807) is 11.3 Å². The van der Waals surface area contributed by atoms with Gasteiger partial charge in [0, 0.05) is 15.8 Å². The van der Waals surface area contributed by atoms with E-state index in [0.717, 1.165) is 43.8 Å². The fourth-order valence-corrected chi connectivity index (χ4v) is 4.49. The van der Waals surface area contributed by atoms with Gasteiger partial charge in [-0.1, -0.05) is 6.07 Å². The lowest BCUT2D eigenvalue weighted by Crippen LogP contribution is -2.26. The van der Waals surface area contributed by atoms with Crippen LogP contribution in [0.5, 0.6) is 5.75 Å². The van der Waals surface area contributed by atoms with E-state index in [0.29, 0.717) is 5.95 Å². The number of hydrogen-bond donors (Lipinski definition) is 3. The Balaban J connectivity index is 1.53. The molecular formula is C18H16N6OS2. The Bertz CT molecular complexity index is 1150. The number of imidazole rings is 1. The molecule has 4 aromatic rings. The first-order valence-corrected chi connectivity index (χ1v) is 10.1. The van der Waals surface area contributed by atoms with Gasteiger partial charge in [0.1, 0.15) is 5.75 Å². The molecule has 9 heteroatoms. The maximum atomic E-state index is 5.96. The molecule has 1 aliphatic heterocycles. The van der Waals surface area contributed by atoms with Crippen molar-refractivity contribution in [3.63, 3.8) is 0 Å². The number of anilines is 3. The third-order valence-electron chi connectivity index (χ3n) is 4.48. The van der Waals surface area contributed by atoms with Crippen molar-refractivity contribution in [1.29, 1.82) is 0 Å². The molecule has 27 heavy (non-hydrogen) atoms. The maximum absolute atomic E-state index is 5.96. The van der Waals surface area contributed by atoms with Gasteiger partial charge < -0.3 is 15.5 Å². The second-order valence-electron chi connectivity index (χ2n) is 6.20. The Morgan fingerprint density at radius 3 is 2.96 bits per heavy atom. The van der Waals surface area contributed by atoms with E-state index in [1.807, 2.05) is 48.7 Å². The van der Waals surface area contributed by atoms with E-state index in [9.17, 15) is 0 Å². The summed E-state index contributed by atoms with van der Waals surface area (Å²) in [5.41, 5.74) is 10.4. The van der Waals surface area contributed by atoms with E-state index in [2.05, 4.69) is 14.9 Å². The van der Waals surface area contributed by atoms with Crippen LogP contribution in [0, 0.1) is 0 Å². The van der Waals surface area contributed by atoms with E-state index < -0.39 is 0 Å². The average molecular weight is 397 g/mol.